The zero-order chi connectivity index (χ0) is 10.0. The average molecular weight is 187 g/mol. The van der Waals surface area contributed by atoms with Gasteiger partial charge in [0.05, 0.1) is 11.5 Å². The van der Waals surface area contributed by atoms with Crippen LogP contribution in [0.1, 0.15) is 18.4 Å². The minimum Gasteiger partial charge on any atom is -0.492 e. The van der Waals surface area contributed by atoms with Crippen molar-refractivity contribution in [3.63, 3.8) is 0 Å². The van der Waals surface area contributed by atoms with Crippen molar-refractivity contribution in [2.75, 3.05) is 6.61 Å². The lowest BCUT2D eigenvalue weighted by Crippen LogP contribution is -2.11. The molecule has 1 saturated carbocycles. The number of nitriles is 1. The van der Waals surface area contributed by atoms with Crippen molar-refractivity contribution in [2.24, 2.45) is 5.41 Å². The van der Waals surface area contributed by atoms with Crippen LogP contribution < -0.4 is 4.74 Å². The molecule has 14 heavy (non-hydrogen) atoms. The standard InChI is InChI=1S/C12H13NO/c1-10-4-2-3-5-11(10)14-9-12(8-13)6-7-12/h2-5H,6-7,9H2,1H3. The summed E-state index contributed by atoms with van der Waals surface area (Å²) in [6, 6.07) is 10.2. The molecule has 0 atom stereocenters. The van der Waals surface area contributed by atoms with Crippen LogP contribution in [0.2, 0.25) is 0 Å². The van der Waals surface area contributed by atoms with Crippen LogP contribution in [0.5, 0.6) is 5.75 Å². The van der Waals surface area contributed by atoms with E-state index in [0.29, 0.717) is 6.61 Å². The Hall–Kier alpha value is -1.49. The highest BCUT2D eigenvalue weighted by Crippen LogP contribution is 2.45. The van der Waals surface area contributed by atoms with E-state index in [1.54, 1.807) is 0 Å². The topological polar surface area (TPSA) is 33.0 Å². The van der Waals surface area contributed by atoms with Gasteiger partial charge in [-0.15, -0.1) is 0 Å². The van der Waals surface area contributed by atoms with Crippen LogP contribution in [0.4, 0.5) is 0 Å². The third-order valence-electron chi connectivity index (χ3n) is 2.69. The summed E-state index contributed by atoms with van der Waals surface area (Å²) >= 11 is 0. The van der Waals surface area contributed by atoms with E-state index in [4.69, 9.17) is 10.00 Å². The normalized spacial score (nSPS) is 17.1. The van der Waals surface area contributed by atoms with Crippen molar-refractivity contribution in [3.8, 4) is 11.8 Å². The smallest absolute Gasteiger partial charge is 0.122 e. The molecule has 0 aromatic heterocycles. The molecule has 0 unspecified atom stereocenters. The molecule has 2 heteroatoms. The molecule has 72 valence electrons. The first-order valence-electron chi connectivity index (χ1n) is 4.85. The van der Waals surface area contributed by atoms with Gasteiger partial charge in [0.25, 0.3) is 0 Å². The maximum absolute atomic E-state index is 8.87. The average Bonchev–Trinajstić information content (AvgIpc) is 2.98. The minimum absolute atomic E-state index is 0.178. The second kappa shape index (κ2) is 3.34. The molecule has 0 spiro atoms. The molecule has 1 fully saturated rings. The van der Waals surface area contributed by atoms with Gasteiger partial charge in [0.1, 0.15) is 12.4 Å². The number of para-hydroxylation sites is 1. The molecule has 0 aliphatic heterocycles. The van der Waals surface area contributed by atoms with Crippen LogP contribution >= 0.6 is 0 Å². The summed E-state index contributed by atoms with van der Waals surface area (Å²) < 4.78 is 5.63. The largest absolute Gasteiger partial charge is 0.492 e. The van der Waals surface area contributed by atoms with Gasteiger partial charge in [-0.25, -0.2) is 0 Å². The number of nitrogens with zero attached hydrogens (tertiary/aromatic N) is 1. The van der Waals surface area contributed by atoms with Crippen molar-refractivity contribution in [1.29, 1.82) is 5.26 Å². The van der Waals surface area contributed by atoms with Gasteiger partial charge in [-0.05, 0) is 31.4 Å². The summed E-state index contributed by atoms with van der Waals surface area (Å²) in [6.07, 6.45) is 1.96. The number of aryl methyl sites for hydroxylation is 1. The zero-order valence-electron chi connectivity index (χ0n) is 8.29. The Morgan fingerprint density at radius 1 is 1.43 bits per heavy atom. The second-order valence-corrected chi connectivity index (χ2v) is 3.95. The highest BCUT2D eigenvalue weighted by molar-refractivity contribution is 5.32. The molecule has 0 bridgehead atoms. The summed E-state index contributed by atoms with van der Waals surface area (Å²) in [5, 5.41) is 8.87. The fourth-order valence-electron chi connectivity index (χ4n) is 1.37. The van der Waals surface area contributed by atoms with E-state index >= 15 is 0 Å². The van der Waals surface area contributed by atoms with Gasteiger partial charge in [0.2, 0.25) is 0 Å². The van der Waals surface area contributed by atoms with Crippen LogP contribution in [-0.4, -0.2) is 6.61 Å². The van der Waals surface area contributed by atoms with E-state index < -0.39 is 0 Å². The first-order valence-corrected chi connectivity index (χ1v) is 4.85. The predicted octanol–water partition coefficient (Wildman–Crippen LogP) is 2.68. The molecule has 0 radical (unpaired) electrons. The quantitative estimate of drug-likeness (QED) is 0.728. The summed E-state index contributed by atoms with van der Waals surface area (Å²) in [6.45, 7) is 2.55. The first kappa shape index (κ1) is 9.08. The van der Waals surface area contributed by atoms with E-state index in [1.165, 1.54) is 0 Å². The molecule has 1 aliphatic carbocycles. The fraction of sp³-hybridized carbons (Fsp3) is 0.417. The minimum atomic E-state index is -0.178. The van der Waals surface area contributed by atoms with Crippen molar-refractivity contribution in [3.05, 3.63) is 29.8 Å². The molecular formula is C12H13NO. The van der Waals surface area contributed by atoms with Crippen molar-refractivity contribution < 1.29 is 4.74 Å². The molecule has 1 aromatic carbocycles. The third-order valence-corrected chi connectivity index (χ3v) is 2.69. The molecule has 0 N–H and O–H groups in total. The zero-order valence-corrected chi connectivity index (χ0v) is 8.29. The van der Waals surface area contributed by atoms with Crippen LogP contribution in [0.25, 0.3) is 0 Å². The number of hydrogen-bond donors (Lipinski definition) is 0. The molecule has 2 nitrogen and oxygen atoms in total. The number of ether oxygens (including phenoxy) is 1. The van der Waals surface area contributed by atoms with Gasteiger partial charge in [-0.3, -0.25) is 0 Å². The van der Waals surface area contributed by atoms with Gasteiger partial charge in [0, 0.05) is 0 Å². The van der Waals surface area contributed by atoms with E-state index in [2.05, 4.69) is 6.07 Å². The number of hydrogen-bond acceptors (Lipinski definition) is 2. The van der Waals surface area contributed by atoms with E-state index in [9.17, 15) is 0 Å². The Morgan fingerprint density at radius 2 is 2.14 bits per heavy atom. The summed E-state index contributed by atoms with van der Waals surface area (Å²) in [4.78, 5) is 0. The lowest BCUT2D eigenvalue weighted by atomic mass is 10.1. The lowest BCUT2D eigenvalue weighted by molar-refractivity contribution is 0.267. The molecular weight excluding hydrogens is 174 g/mol. The SMILES string of the molecule is Cc1ccccc1OCC1(C#N)CC1. The van der Waals surface area contributed by atoms with E-state index in [0.717, 1.165) is 24.2 Å². The van der Waals surface area contributed by atoms with E-state index in [1.807, 2.05) is 31.2 Å². The van der Waals surface area contributed by atoms with E-state index in [-0.39, 0.29) is 5.41 Å². The van der Waals surface area contributed by atoms with Crippen LogP contribution in [-0.2, 0) is 0 Å². The summed E-state index contributed by atoms with van der Waals surface area (Å²) in [5.74, 6) is 0.897. The van der Waals surface area contributed by atoms with Gasteiger partial charge >= 0.3 is 0 Å². The molecule has 2 rings (SSSR count). The van der Waals surface area contributed by atoms with Gasteiger partial charge in [-0.2, -0.15) is 5.26 Å². The fourth-order valence-corrected chi connectivity index (χ4v) is 1.37. The molecule has 0 amide bonds. The summed E-state index contributed by atoms with van der Waals surface area (Å²) in [5.41, 5.74) is 0.948. The Morgan fingerprint density at radius 3 is 2.71 bits per heavy atom. The summed E-state index contributed by atoms with van der Waals surface area (Å²) in [7, 11) is 0. The molecule has 0 heterocycles. The maximum atomic E-state index is 8.87. The van der Waals surface area contributed by atoms with Gasteiger partial charge in [0.15, 0.2) is 0 Å². The Labute approximate surface area is 84.1 Å². The van der Waals surface area contributed by atoms with Crippen LogP contribution in [0, 0.1) is 23.7 Å². The molecule has 1 aromatic rings. The predicted molar refractivity (Wildman–Crippen MR) is 54.0 cm³/mol. The highest BCUT2D eigenvalue weighted by atomic mass is 16.5. The second-order valence-electron chi connectivity index (χ2n) is 3.95. The van der Waals surface area contributed by atoms with Crippen molar-refractivity contribution >= 4 is 0 Å². The molecule has 1 aliphatic rings. The number of benzene rings is 1. The first-order chi connectivity index (χ1) is 6.76. The highest BCUT2D eigenvalue weighted by Gasteiger charge is 2.44. The Bertz CT molecular complexity index is 374. The third kappa shape index (κ3) is 1.72. The lowest BCUT2D eigenvalue weighted by Gasteiger charge is -2.10. The maximum Gasteiger partial charge on any atom is 0.122 e. The molecule has 0 saturated heterocycles. The monoisotopic (exact) mass is 187 g/mol. The van der Waals surface area contributed by atoms with Crippen molar-refractivity contribution in [1.82, 2.24) is 0 Å². The van der Waals surface area contributed by atoms with Crippen molar-refractivity contribution in [2.45, 2.75) is 19.8 Å². The Kier molecular flexibility index (Phi) is 2.17. The Balaban J connectivity index is 1.99. The van der Waals surface area contributed by atoms with Crippen LogP contribution in [0.15, 0.2) is 24.3 Å². The van der Waals surface area contributed by atoms with Gasteiger partial charge in [-0.1, -0.05) is 18.2 Å². The number of rotatable bonds is 3. The van der Waals surface area contributed by atoms with Crippen LogP contribution in [0.3, 0.4) is 0 Å². The van der Waals surface area contributed by atoms with Gasteiger partial charge < -0.3 is 4.74 Å².